The first kappa shape index (κ1) is 15.2. The first-order valence-corrected chi connectivity index (χ1v) is 8.69. The van der Waals surface area contributed by atoms with Crippen molar-refractivity contribution in [3.8, 4) is 0 Å². The van der Waals surface area contributed by atoms with Gasteiger partial charge in [0.2, 0.25) is 0 Å². The number of amides is 1. The Bertz CT molecular complexity index is 559. The topological polar surface area (TPSA) is 50.2 Å². The molecular weight excluding hydrogens is 296 g/mol. The van der Waals surface area contributed by atoms with Crippen molar-refractivity contribution in [1.82, 2.24) is 19.8 Å². The number of likely N-dealkylation sites (tertiary alicyclic amines) is 1. The summed E-state index contributed by atoms with van der Waals surface area (Å²) in [6.07, 6.45) is 8.02. The molecule has 0 bridgehead atoms. The minimum Gasteiger partial charge on any atom is -0.351 e. The van der Waals surface area contributed by atoms with Gasteiger partial charge < -0.3 is 14.8 Å². The van der Waals surface area contributed by atoms with Crippen molar-refractivity contribution in [3.63, 3.8) is 0 Å². The summed E-state index contributed by atoms with van der Waals surface area (Å²) >= 11 is 1.50. The molecule has 118 valence electrons. The van der Waals surface area contributed by atoms with Gasteiger partial charge in [-0.1, -0.05) is 6.07 Å². The Morgan fingerprint density at radius 1 is 1.36 bits per heavy atom. The molecule has 3 heterocycles. The van der Waals surface area contributed by atoms with E-state index in [1.165, 1.54) is 11.3 Å². The largest absolute Gasteiger partial charge is 0.351 e. The number of nitrogens with one attached hydrogen (secondary N) is 1. The fourth-order valence-electron chi connectivity index (χ4n) is 2.82. The molecule has 6 heteroatoms. The average molecular weight is 318 g/mol. The molecule has 0 aromatic carbocycles. The number of rotatable bonds is 6. The maximum absolute atomic E-state index is 11.9. The first-order valence-electron chi connectivity index (χ1n) is 7.81. The van der Waals surface area contributed by atoms with E-state index in [4.69, 9.17) is 0 Å². The lowest BCUT2D eigenvalue weighted by atomic mass is 9.97. The molecule has 2 aromatic heterocycles. The predicted octanol–water partition coefficient (Wildman–Crippen LogP) is 2.09. The number of carbonyl (C=O) groups is 1. The van der Waals surface area contributed by atoms with Crippen LogP contribution in [0.1, 0.15) is 22.5 Å². The second-order valence-corrected chi connectivity index (χ2v) is 6.72. The molecule has 0 unspecified atom stereocenters. The Hall–Kier alpha value is -1.66. The summed E-state index contributed by atoms with van der Waals surface area (Å²) in [4.78, 5) is 19.3. The Morgan fingerprint density at radius 3 is 2.91 bits per heavy atom. The number of piperidine rings is 1. The maximum atomic E-state index is 11.9. The van der Waals surface area contributed by atoms with Gasteiger partial charge in [-0.25, -0.2) is 4.98 Å². The minimum absolute atomic E-state index is 0.0672. The lowest BCUT2D eigenvalue weighted by molar-refractivity contribution is 0.0939. The highest BCUT2D eigenvalue weighted by Gasteiger charge is 2.19. The molecule has 2 aromatic rings. The van der Waals surface area contributed by atoms with Gasteiger partial charge in [0.15, 0.2) is 0 Å². The van der Waals surface area contributed by atoms with E-state index in [0.29, 0.717) is 5.92 Å². The van der Waals surface area contributed by atoms with E-state index in [1.807, 2.05) is 36.2 Å². The third-order valence-electron chi connectivity index (χ3n) is 4.24. The van der Waals surface area contributed by atoms with Crippen LogP contribution in [0.25, 0.3) is 0 Å². The monoisotopic (exact) mass is 318 g/mol. The zero-order valence-electron chi connectivity index (χ0n) is 12.6. The Labute approximate surface area is 135 Å². The van der Waals surface area contributed by atoms with Crippen molar-refractivity contribution in [1.29, 1.82) is 0 Å². The smallest absolute Gasteiger partial charge is 0.261 e. The van der Waals surface area contributed by atoms with Gasteiger partial charge in [-0.05, 0) is 43.3 Å². The molecule has 1 fully saturated rings. The number of hydrogen-bond donors (Lipinski definition) is 1. The van der Waals surface area contributed by atoms with E-state index in [-0.39, 0.29) is 5.91 Å². The van der Waals surface area contributed by atoms with Gasteiger partial charge in [0.05, 0.1) is 11.2 Å². The van der Waals surface area contributed by atoms with E-state index in [9.17, 15) is 4.79 Å². The molecule has 3 rings (SSSR count). The van der Waals surface area contributed by atoms with Crippen LogP contribution in [0, 0.1) is 5.92 Å². The van der Waals surface area contributed by atoms with Crippen LogP contribution in [0.4, 0.5) is 0 Å². The third-order valence-corrected chi connectivity index (χ3v) is 5.11. The number of nitrogens with zero attached hydrogens (tertiary/aromatic N) is 3. The van der Waals surface area contributed by atoms with Crippen LogP contribution in [-0.4, -0.2) is 46.5 Å². The van der Waals surface area contributed by atoms with Crippen molar-refractivity contribution < 1.29 is 4.79 Å². The zero-order valence-corrected chi connectivity index (χ0v) is 13.5. The van der Waals surface area contributed by atoms with Gasteiger partial charge in [0, 0.05) is 32.0 Å². The van der Waals surface area contributed by atoms with Gasteiger partial charge in [0.1, 0.15) is 0 Å². The van der Waals surface area contributed by atoms with E-state index in [0.717, 1.165) is 50.4 Å². The molecule has 22 heavy (non-hydrogen) atoms. The van der Waals surface area contributed by atoms with Crippen molar-refractivity contribution in [2.75, 3.05) is 26.2 Å². The fourth-order valence-corrected chi connectivity index (χ4v) is 3.46. The average Bonchev–Trinajstić information content (AvgIpc) is 3.24. The maximum Gasteiger partial charge on any atom is 0.261 e. The summed E-state index contributed by atoms with van der Waals surface area (Å²) in [7, 11) is 0. The van der Waals surface area contributed by atoms with Gasteiger partial charge >= 0.3 is 0 Å². The molecule has 1 aliphatic rings. The Balaban J connectivity index is 1.34. The summed E-state index contributed by atoms with van der Waals surface area (Å²) in [6, 6.07) is 3.79. The van der Waals surface area contributed by atoms with Crippen molar-refractivity contribution in [2.45, 2.75) is 19.4 Å². The highest BCUT2D eigenvalue weighted by molar-refractivity contribution is 7.12. The Morgan fingerprint density at radius 2 is 2.23 bits per heavy atom. The van der Waals surface area contributed by atoms with Gasteiger partial charge in [0.25, 0.3) is 5.91 Å². The standard InChI is InChI=1S/C16H22N4OS/c21-16(15-2-1-11-22-15)18-12-14-3-6-19(7-4-14)9-10-20-8-5-17-13-20/h1-2,5,8,11,13-14H,3-4,6-7,9-10,12H2,(H,18,21). The minimum atomic E-state index is 0.0672. The molecule has 1 saturated heterocycles. The molecule has 0 radical (unpaired) electrons. The fraction of sp³-hybridized carbons (Fsp3) is 0.500. The molecule has 1 amide bonds. The summed E-state index contributed by atoms with van der Waals surface area (Å²) < 4.78 is 2.12. The number of carbonyl (C=O) groups excluding carboxylic acids is 1. The molecular formula is C16H22N4OS. The summed E-state index contributed by atoms with van der Waals surface area (Å²) in [6.45, 7) is 5.11. The molecule has 1 N–H and O–H groups in total. The van der Waals surface area contributed by atoms with Crippen LogP contribution < -0.4 is 5.32 Å². The molecule has 0 spiro atoms. The van der Waals surface area contributed by atoms with E-state index < -0.39 is 0 Å². The number of hydrogen-bond acceptors (Lipinski definition) is 4. The third kappa shape index (κ3) is 4.18. The number of thiophene rings is 1. The van der Waals surface area contributed by atoms with Gasteiger partial charge in [-0.15, -0.1) is 11.3 Å². The van der Waals surface area contributed by atoms with Crippen LogP contribution in [0.2, 0.25) is 0 Å². The Kier molecular flexibility index (Phi) is 5.24. The van der Waals surface area contributed by atoms with Gasteiger partial charge in [-0.2, -0.15) is 0 Å². The summed E-state index contributed by atoms with van der Waals surface area (Å²) in [5.41, 5.74) is 0. The lowest BCUT2D eigenvalue weighted by Gasteiger charge is -2.32. The zero-order chi connectivity index (χ0) is 15.2. The van der Waals surface area contributed by atoms with Crippen LogP contribution in [0.15, 0.2) is 36.2 Å². The normalized spacial score (nSPS) is 16.7. The number of aromatic nitrogens is 2. The van der Waals surface area contributed by atoms with E-state index >= 15 is 0 Å². The molecule has 1 aliphatic heterocycles. The summed E-state index contributed by atoms with van der Waals surface area (Å²) in [5.74, 6) is 0.672. The first-order chi connectivity index (χ1) is 10.8. The SMILES string of the molecule is O=C(NCC1CCN(CCn2ccnc2)CC1)c1cccs1. The highest BCUT2D eigenvalue weighted by Crippen LogP contribution is 2.17. The van der Waals surface area contributed by atoms with Gasteiger partial charge in [-0.3, -0.25) is 4.79 Å². The predicted molar refractivity (Wildman–Crippen MR) is 88.0 cm³/mol. The van der Waals surface area contributed by atoms with Crippen molar-refractivity contribution in [3.05, 3.63) is 41.1 Å². The van der Waals surface area contributed by atoms with E-state index in [2.05, 4.69) is 19.8 Å². The molecule has 5 nitrogen and oxygen atoms in total. The second kappa shape index (κ2) is 7.56. The van der Waals surface area contributed by atoms with Crippen molar-refractivity contribution in [2.24, 2.45) is 5.92 Å². The molecule has 0 aliphatic carbocycles. The summed E-state index contributed by atoms with van der Waals surface area (Å²) in [5, 5.41) is 5.00. The molecule has 0 saturated carbocycles. The number of imidazole rings is 1. The van der Waals surface area contributed by atoms with E-state index in [1.54, 1.807) is 0 Å². The van der Waals surface area contributed by atoms with Crippen molar-refractivity contribution >= 4 is 17.2 Å². The molecule has 0 atom stereocenters. The lowest BCUT2D eigenvalue weighted by Crippen LogP contribution is -2.39. The van der Waals surface area contributed by atoms with Crippen LogP contribution in [0.5, 0.6) is 0 Å². The second-order valence-electron chi connectivity index (χ2n) is 5.77. The quantitative estimate of drug-likeness (QED) is 0.887. The van der Waals surface area contributed by atoms with Crippen LogP contribution in [0.3, 0.4) is 0 Å². The van der Waals surface area contributed by atoms with Crippen LogP contribution >= 0.6 is 11.3 Å². The van der Waals surface area contributed by atoms with Crippen LogP contribution in [-0.2, 0) is 6.54 Å². The highest BCUT2D eigenvalue weighted by atomic mass is 32.1.